The van der Waals surface area contributed by atoms with Gasteiger partial charge in [-0.15, -0.1) is 0 Å². The van der Waals surface area contributed by atoms with Crippen LogP contribution in [0.2, 0.25) is 0 Å². The summed E-state index contributed by atoms with van der Waals surface area (Å²) in [7, 11) is 0. The van der Waals surface area contributed by atoms with Crippen LogP contribution in [0.25, 0.3) is 10.9 Å². The van der Waals surface area contributed by atoms with Crippen molar-refractivity contribution in [3.63, 3.8) is 0 Å². The highest BCUT2D eigenvalue weighted by molar-refractivity contribution is 5.98. The second kappa shape index (κ2) is 9.62. The lowest BCUT2D eigenvalue weighted by Crippen LogP contribution is -2.45. The molecular weight excluding hydrogens is 392 g/mol. The number of hydrogen-bond acceptors (Lipinski definition) is 4. The van der Waals surface area contributed by atoms with E-state index in [0.717, 1.165) is 57.2 Å². The first kappa shape index (κ1) is 21.5. The molecule has 166 valence electrons. The number of aromatic nitrogens is 2. The van der Waals surface area contributed by atoms with Gasteiger partial charge in [-0.2, -0.15) is 0 Å². The maximum atomic E-state index is 13.2. The van der Waals surface area contributed by atoms with Crippen LogP contribution in [0.5, 0.6) is 0 Å². The van der Waals surface area contributed by atoms with Crippen molar-refractivity contribution in [3.8, 4) is 0 Å². The van der Waals surface area contributed by atoms with Crippen molar-refractivity contribution in [2.45, 2.75) is 64.8 Å². The summed E-state index contributed by atoms with van der Waals surface area (Å²) in [5.41, 5.74) is 1.12. The van der Waals surface area contributed by atoms with Crippen LogP contribution in [0.15, 0.2) is 23.0 Å². The fourth-order valence-electron chi connectivity index (χ4n) is 4.68. The van der Waals surface area contributed by atoms with Crippen LogP contribution < -0.4 is 10.9 Å². The number of carbonyl (C=O) groups is 2. The van der Waals surface area contributed by atoms with E-state index in [2.05, 4.69) is 5.32 Å². The Morgan fingerprint density at radius 3 is 2.81 bits per heavy atom. The van der Waals surface area contributed by atoms with E-state index in [9.17, 15) is 14.4 Å². The molecular formula is C24H32N4O3. The van der Waals surface area contributed by atoms with E-state index < -0.39 is 0 Å². The molecule has 0 aliphatic carbocycles. The molecule has 4 rings (SSSR count). The zero-order valence-corrected chi connectivity index (χ0v) is 18.4. The molecule has 1 N–H and O–H groups in total. The SMILES string of the molecule is CCCNC(=O)C1CCCN(C(=O)c2ccc3c(=O)n4c(nc3c2)CCCCCC4)C1. The Morgan fingerprint density at radius 1 is 1.13 bits per heavy atom. The average Bonchev–Trinajstić information content (AvgIpc) is 2.78. The Morgan fingerprint density at radius 2 is 1.97 bits per heavy atom. The fraction of sp³-hybridized carbons (Fsp3) is 0.583. The van der Waals surface area contributed by atoms with Gasteiger partial charge in [-0.1, -0.05) is 19.8 Å². The van der Waals surface area contributed by atoms with Crippen LogP contribution in [-0.2, 0) is 17.8 Å². The number of rotatable bonds is 4. The number of amides is 2. The lowest BCUT2D eigenvalue weighted by molar-refractivity contribution is -0.126. The van der Waals surface area contributed by atoms with E-state index >= 15 is 0 Å². The van der Waals surface area contributed by atoms with Crippen molar-refractivity contribution in [3.05, 3.63) is 39.9 Å². The summed E-state index contributed by atoms with van der Waals surface area (Å²) in [4.78, 5) is 45.1. The fourth-order valence-corrected chi connectivity index (χ4v) is 4.68. The van der Waals surface area contributed by atoms with E-state index in [1.807, 2.05) is 11.5 Å². The molecule has 7 heteroatoms. The second-order valence-electron chi connectivity index (χ2n) is 8.76. The Labute approximate surface area is 182 Å². The highest BCUT2D eigenvalue weighted by atomic mass is 16.2. The molecule has 0 bridgehead atoms. The van der Waals surface area contributed by atoms with Gasteiger partial charge in [-0.25, -0.2) is 4.98 Å². The van der Waals surface area contributed by atoms with Crippen LogP contribution in [0.3, 0.4) is 0 Å². The average molecular weight is 425 g/mol. The number of nitrogens with one attached hydrogen (secondary N) is 1. The number of nitrogens with zero attached hydrogens (tertiary/aromatic N) is 3. The molecule has 0 radical (unpaired) electrons. The summed E-state index contributed by atoms with van der Waals surface area (Å²) in [6, 6.07) is 5.21. The molecule has 0 spiro atoms. The summed E-state index contributed by atoms with van der Waals surface area (Å²) < 4.78 is 1.81. The van der Waals surface area contributed by atoms with Gasteiger partial charge in [0.25, 0.3) is 11.5 Å². The smallest absolute Gasteiger partial charge is 0.261 e. The number of likely N-dealkylation sites (tertiary alicyclic amines) is 1. The summed E-state index contributed by atoms with van der Waals surface area (Å²) in [5, 5.41) is 3.51. The Hall–Kier alpha value is -2.70. The first-order valence-corrected chi connectivity index (χ1v) is 11.7. The maximum Gasteiger partial charge on any atom is 0.261 e. The summed E-state index contributed by atoms with van der Waals surface area (Å²) >= 11 is 0. The molecule has 2 aromatic rings. The molecule has 1 fully saturated rings. The van der Waals surface area contributed by atoms with Gasteiger partial charge in [-0.3, -0.25) is 19.0 Å². The highest BCUT2D eigenvalue weighted by Gasteiger charge is 2.29. The number of aryl methyl sites for hydroxylation is 1. The van der Waals surface area contributed by atoms with Crippen molar-refractivity contribution in [2.75, 3.05) is 19.6 Å². The van der Waals surface area contributed by atoms with Crippen LogP contribution >= 0.6 is 0 Å². The number of piperidine rings is 1. The molecule has 1 aromatic carbocycles. The van der Waals surface area contributed by atoms with Crippen LogP contribution in [0.4, 0.5) is 0 Å². The molecule has 0 saturated carbocycles. The van der Waals surface area contributed by atoms with Crippen LogP contribution in [-0.4, -0.2) is 45.9 Å². The van der Waals surface area contributed by atoms with Gasteiger partial charge < -0.3 is 10.2 Å². The van der Waals surface area contributed by atoms with Gasteiger partial charge in [0.15, 0.2) is 0 Å². The largest absolute Gasteiger partial charge is 0.356 e. The van der Waals surface area contributed by atoms with E-state index in [4.69, 9.17) is 4.98 Å². The predicted molar refractivity (Wildman–Crippen MR) is 120 cm³/mol. The number of hydrogen-bond donors (Lipinski definition) is 1. The highest BCUT2D eigenvalue weighted by Crippen LogP contribution is 2.21. The lowest BCUT2D eigenvalue weighted by atomic mass is 9.96. The molecule has 1 unspecified atom stereocenters. The number of benzene rings is 1. The standard InChI is InChI=1S/C24H32N4O3/c1-2-12-25-22(29)18-8-7-13-27(16-18)23(30)17-10-11-19-20(15-17)26-21-9-5-3-4-6-14-28(21)24(19)31/h10-11,15,18H,2-9,12-14,16H2,1H3,(H,25,29). The quantitative estimate of drug-likeness (QED) is 0.818. The third-order valence-electron chi connectivity index (χ3n) is 6.44. The molecule has 2 aliphatic rings. The molecule has 3 heterocycles. The third kappa shape index (κ3) is 4.65. The van der Waals surface area contributed by atoms with Gasteiger partial charge in [0.05, 0.1) is 16.8 Å². The first-order chi connectivity index (χ1) is 15.1. The minimum Gasteiger partial charge on any atom is -0.356 e. The molecule has 2 amide bonds. The third-order valence-corrected chi connectivity index (χ3v) is 6.44. The minimum atomic E-state index is -0.160. The Balaban J connectivity index is 1.57. The molecule has 1 saturated heterocycles. The lowest BCUT2D eigenvalue weighted by Gasteiger charge is -2.32. The van der Waals surface area contributed by atoms with Gasteiger partial charge in [0.2, 0.25) is 5.91 Å². The van der Waals surface area contributed by atoms with Crippen LogP contribution in [0, 0.1) is 5.92 Å². The zero-order valence-electron chi connectivity index (χ0n) is 18.4. The van der Waals surface area contributed by atoms with E-state index in [-0.39, 0.29) is 23.3 Å². The second-order valence-corrected chi connectivity index (χ2v) is 8.76. The monoisotopic (exact) mass is 424 g/mol. The predicted octanol–water partition coefficient (Wildman–Crippen LogP) is 2.89. The Kier molecular flexibility index (Phi) is 6.68. The molecule has 1 aromatic heterocycles. The van der Waals surface area contributed by atoms with E-state index in [0.29, 0.717) is 42.6 Å². The first-order valence-electron chi connectivity index (χ1n) is 11.7. The number of fused-ring (bicyclic) bond motifs is 2. The normalized spacial score (nSPS) is 19.4. The summed E-state index contributed by atoms with van der Waals surface area (Å²) in [5.74, 6) is 0.606. The Bertz CT molecular complexity index is 1030. The molecule has 2 aliphatic heterocycles. The van der Waals surface area contributed by atoms with E-state index in [1.165, 1.54) is 0 Å². The molecule has 1 atom stereocenters. The van der Waals surface area contributed by atoms with Crippen LogP contribution in [0.1, 0.15) is 68.1 Å². The van der Waals surface area contributed by atoms with Gasteiger partial charge in [0.1, 0.15) is 5.82 Å². The van der Waals surface area contributed by atoms with Gasteiger partial charge >= 0.3 is 0 Å². The zero-order chi connectivity index (χ0) is 21.8. The molecule has 31 heavy (non-hydrogen) atoms. The van der Waals surface area contributed by atoms with E-state index in [1.54, 1.807) is 23.1 Å². The van der Waals surface area contributed by atoms with Crippen molar-refractivity contribution in [2.24, 2.45) is 5.92 Å². The summed E-state index contributed by atoms with van der Waals surface area (Å²) in [6.45, 7) is 4.49. The minimum absolute atomic E-state index is 0.00784. The van der Waals surface area contributed by atoms with Gasteiger partial charge in [0, 0.05) is 38.2 Å². The van der Waals surface area contributed by atoms with Gasteiger partial charge in [-0.05, 0) is 50.3 Å². The topological polar surface area (TPSA) is 84.3 Å². The van der Waals surface area contributed by atoms with Crippen molar-refractivity contribution < 1.29 is 9.59 Å². The number of carbonyl (C=O) groups excluding carboxylic acids is 2. The summed E-state index contributed by atoms with van der Waals surface area (Å²) in [6.07, 6.45) is 7.65. The maximum absolute atomic E-state index is 13.2. The van der Waals surface area contributed by atoms with Crippen molar-refractivity contribution in [1.82, 2.24) is 19.8 Å². The van der Waals surface area contributed by atoms with Crippen molar-refractivity contribution >= 4 is 22.7 Å². The molecule has 7 nitrogen and oxygen atoms in total. The van der Waals surface area contributed by atoms with Crippen molar-refractivity contribution in [1.29, 1.82) is 0 Å².